The predicted molar refractivity (Wildman–Crippen MR) is 92.0 cm³/mol. The molecule has 1 atom stereocenters. The third-order valence-electron chi connectivity index (χ3n) is 4.04. The van der Waals surface area contributed by atoms with Gasteiger partial charge in [0, 0.05) is 0 Å². The average molecular weight is 324 g/mol. The molecule has 2 amide bonds. The fraction of sp³-hybridized carbons (Fsp3) is 0.263. The maximum absolute atomic E-state index is 12.4. The topological polar surface area (TPSA) is 58.6 Å². The van der Waals surface area contributed by atoms with Crippen LogP contribution in [0.15, 0.2) is 48.5 Å². The van der Waals surface area contributed by atoms with Crippen molar-refractivity contribution in [2.75, 3.05) is 18.1 Å². The Hall–Kier alpha value is -2.82. The van der Waals surface area contributed by atoms with E-state index in [1.807, 2.05) is 62.4 Å². The first-order chi connectivity index (χ1) is 11.5. The van der Waals surface area contributed by atoms with Gasteiger partial charge in [0.25, 0.3) is 5.91 Å². The molecule has 2 aromatic rings. The van der Waals surface area contributed by atoms with Crippen molar-refractivity contribution >= 4 is 17.5 Å². The summed E-state index contributed by atoms with van der Waals surface area (Å²) in [4.78, 5) is 26.0. The number of carbonyl (C=O) groups is 2. The van der Waals surface area contributed by atoms with Gasteiger partial charge in [-0.1, -0.05) is 36.4 Å². The minimum absolute atomic E-state index is 0.0184. The molecule has 0 spiro atoms. The summed E-state index contributed by atoms with van der Waals surface area (Å²) >= 11 is 0. The molecule has 3 rings (SSSR count). The van der Waals surface area contributed by atoms with Crippen LogP contribution in [0.3, 0.4) is 0 Å². The van der Waals surface area contributed by atoms with Crippen LogP contribution in [-0.2, 0) is 9.59 Å². The molecular weight excluding hydrogens is 304 g/mol. The molecule has 1 N–H and O–H groups in total. The van der Waals surface area contributed by atoms with Crippen LogP contribution in [0.4, 0.5) is 5.69 Å². The van der Waals surface area contributed by atoms with Gasteiger partial charge in [-0.25, -0.2) is 0 Å². The average Bonchev–Trinajstić information content (AvgIpc) is 2.58. The third kappa shape index (κ3) is 3.40. The lowest BCUT2D eigenvalue weighted by molar-refractivity contribution is -0.125. The quantitative estimate of drug-likeness (QED) is 0.940. The molecule has 0 saturated carbocycles. The van der Waals surface area contributed by atoms with Gasteiger partial charge in [0.15, 0.2) is 6.61 Å². The van der Waals surface area contributed by atoms with Gasteiger partial charge >= 0.3 is 0 Å². The molecule has 0 aromatic heterocycles. The van der Waals surface area contributed by atoms with Crippen molar-refractivity contribution in [1.82, 2.24) is 5.32 Å². The van der Waals surface area contributed by atoms with E-state index in [1.54, 1.807) is 0 Å². The highest BCUT2D eigenvalue weighted by atomic mass is 16.5. The summed E-state index contributed by atoms with van der Waals surface area (Å²) in [6, 6.07) is 15.2. The van der Waals surface area contributed by atoms with E-state index >= 15 is 0 Å². The molecule has 24 heavy (non-hydrogen) atoms. The molecule has 5 nitrogen and oxygen atoms in total. The number of nitrogens with one attached hydrogen (secondary N) is 1. The van der Waals surface area contributed by atoms with Gasteiger partial charge in [-0.2, -0.15) is 0 Å². The van der Waals surface area contributed by atoms with Gasteiger partial charge in [-0.3, -0.25) is 14.5 Å². The van der Waals surface area contributed by atoms with Crippen LogP contribution in [0.5, 0.6) is 5.75 Å². The van der Waals surface area contributed by atoms with Crippen LogP contribution in [0.2, 0.25) is 0 Å². The number of hydrogen-bond donors (Lipinski definition) is 1. The smallest absolute Gasteiger partial charge is 0.265 e. The molecular formula is C19H20N2O3. The summed E-state index contributed by atoms with van der Waals surface area (Å²) in [5, 5.41) is 2.93. The highest BCUT2D eigenvalue weighted by molar-refractivity contribution is 6.02. The van der Waals surface area contributed by atoms with Gasteiger partial charge in [0.1, 0.15) is 12.3 Å². The van der Waals surface area contributed by atoms with E-state index in [-0.39, 0.29) is 31.0 Å². The van der Waals surface area contributed by atoms with E-state index in [0.717, 1.165) is 11.1 Å². The lowest BCUT2D eigenvalue weighted by atomic mass is 10.1. The standard InChI is InChI=1S/C19H20N2O3/c1-13-8-9-16-17(10-13)24-12-19(23)21(16)11-18(22)20-14(2)15-6-4-3-5-7-15/h3-10,14H,11-12H2,1-2H3,(H,20,22). The summed E-state index contributed by atoms with van der Waals surface area (Å²) in [7, 11) is 0. The number of hydrogen-bond acceptors (Lipinski definition) is 3. The van der Waals surface area contributed by atoms with Crippen LogP contribution in [0.25, 0.3) is 0 Å². The van der Waals surface area contributed by atoms with Crippen molar-refractivity contribution in [1.29, 1.82) is 0 Å². The summed E-state index contributed by atoms with van der Waals surface area (Å²) in [6.45, 7) is 3.82. The lowest BCUT2D eigenvalue weighted by Gasteiger charge is -2.29. The molecule has 0 saturated heterocycles. The summed E-state index contributed by atoms with van der Waals surface area (Å²) in [5.74, 6) is 0.223. The fourth-order valence-corrected chi connectivity index (χ4v) is 2.74. The highest BCUT2D eigenvalue weighted by Gasteiger charge is 2.27. The molecule has 0 fully saturated rings. The number of amides is 2. The highest BCUT2D eigenvalue weighted by Crippen LogP contribution is 2.32. The summed E-state index contributed by atoms with van der Waals surface area (Å²) in [5.41, 5.74) is 2.71. The van der Waals surface area contributed by atoms with Crippen molar-refractivity contribution in [3.05, 3.63) is 59.7 Å². The number of carbonyl (C=O) groups excluding carboxylic acids is 2. The van der Waals surface area contributed by atoms with Crippen LogP contribution in [0, 0.1) is 6.92 Å². The van der Waals surface area contributed by atoms with E-state index in [4.69, 9.17) is 4.74 Å². The Morgan fingerprint density at radius 2 is 2.00 bits per heavy atom. The fourth-order valence-electron chi connectivity index (χ4n) is 2.74. The molecule has 2 aromatic carbocycles. The number of anilines is 1. The molecule has 1 unspecified atom stereocenters. The van der Waals surface area contributed by atoms with Crippen LogP contribution >= 0.6 is 0 Å². The first kappa shape index (κ1) is 16.1. The van der Waals surface area contributed by atoms with E-state index in [1.165, 1.54) is 4.90 Å². The molecule has 5 heteroatoms. The van der Waals surface area contributed by atoms with Gasteiger partial charge < -0.3 is 10.1 Å². The zero-order valence-corrected chi connectivity index (χ0v) is 13.8. The first-order valence-corrected chi connectivity index (χ1v) is 7.93. The maximum atomic E-state index is 12.4. The van der Waals surface area contributed by atoms with Gasteiger partial charge in [-0.15, -0.1) is 0 Å². The number of benzene rings is 2. The molecule has 1 aliphatic heterocycles. The minimum atomic E-state index is -0.214. The largest absolute Gasteiger partial charge is 0.482 e. The second-order valence-electron chi connectivity index (χ2n) is 5.94. The first-order valence-electron chi connectivity index (χ1n) is 7.93. The van der Waals surface area contributed by atoms with Crippen molar-refractivity contribution in [3.8, 4) is 5.75 Å². The number of ether oxygens (including phenoxy) is 1. The normalized spacial score (nSPS) is 14.6. The Labute approximate surface area is 141 Å². The second kappa shape index (κ2) is 6.74. The minimum Gasteiger partial charge on any atom is -0.482 e. The van der Waals surface area contributed by atoms with Crippen molar-refractivity contribution in [3.63, 3.8) is 0 Å². The number of rotatable bonds is 4. The van der Waals surface area contributed by atoms with E-state index in [9.17, 15) is 9.59 Å². The van der Waals surface area contributed by atoms with Crippen molar-refractivity contribution in [2.24, 2.45) is 0 Å². The molecule has 0 radical (unpaired) electrons. The van der Waals surface area contributed by atoms with Crippen molar-refractivity contribution in [2.45, 2.75) is 19.9 Å². The maximum Gasteiger partial charge on any atom is 0.265 e. The number of nitrogens with zero attached hydrogens (tertiary/aromatic N) is 1. The Morgan fingerprint density at radius 1 is 1.25 bits per heavy atom. The Morgan fingerprint density at radius 3 is 2.75 bits per heavy atom. The molecule has 0 bridgehead atoms. The Bertz CT molecular complexity index is 758. The SMILES string of the molecule is Cc1ccc2c(c1)OCC(=O)N2CC(=O)NC(C)c1ccccc1. The van der Waals surface area contributed by atoms with E-state index in [2.05, 4.69) is 5.32 Å². The zero-order chi connectivity index (χ0) is 17.1. The Kier molecular flexibility index (Phi) is 4.51. The Balaban J connectivity index is 1.71. The van der Waals surface area contributed by atoms with Gasteiger partial charge in [0.05, 0.1) is 11.7 Å². The van der Waals surface area contributed by atoms with Gasteiger partial charge in [-0.05, 0) is 37.1 Å². The van der Waals surface area contributed by atoms with Crippen LogP contribution < -0.4 is 15.0 Å². The summed E-state index contributed by atoms with van der Waals surface area (Å²) < 4.78 is 5.46. The third-order valence-corrected chi connectivity index (χ3v) is 4.04. The van der Waals surface area contributed by atoms with Crippen LogP contribution in [0.1, 0.15) is 24.1 Å². The molecule has 1 heterocycles. The van der Waals surface area contributed by atoms with Crippen LogP contribution in [-0.4, -0.2) is 25.0 Å². The van der Waals surface area contributed by atoms with E-state index in [0.29, 0.717) is 11.4 Å². The second-order valence-corrected chi connectivity index (χ2v) is 5.94. The zero-order valence-electron chi connectivity index (χ0n) is 13.8. The van der Waals surface area contributed by atoms with E-state index < -0.39 is 0 Å². The number of fused-ring (bicyclic) bond motifs is 1. The molecule has 1 aliphatic rings. The predicted octanol–water partition coefficient (Wildman–Crippen LogP) is 2.60. The summed E-state index contributed by atoms with van der Waals surface area (Å²) in [6.07, 6.45) is 0. The lowest BCUT2D eigenvalue weighted by Crippen LogP contribution is -2.45. The monoisotopic (exact) mass is 324 g/mol. The van der Waals surface area contributed by atoms with Crippen molar-refractivity contribution < 1.29 is 14.3 Å². The molecule has 124 valence electrons. The van der Waals surface area contributed by atoms with Gasteiger partial charge in [0.2, 0.25) is 5.91 Å². The molecule has 0 aliphatic carbocycles. The number of aryl methyl sites for hydroxylation is 1.